The average molecular weight is 448 g/mol. The van der Waals surface area contributed by atoms with Crippen molar-refractivity contribution in [3.63, 3.8) is 0 Å². The molecule has 2 aromatic carbocycles. The molecule has 0 saturated heterocycles. The van der Waals surface area contributed by atoms with Crippen LogP contribution in [0.3, 0.4) is 0 Å². The van der Waals surface area contributed by atoms with Crippen molar-refractivity contribution in [1.29, 1.82) is 0 Å². The summed E-state index contributed by atoms with van der Waals surface area (Å²) < 4.78 is 6.91. The number of benzene rings is 2. The van der Waals surface area contributed by atoms with Crippen molar-refractivity contribution in [3.8, 4) is 0 Å². The first-order chi connectivity index (χ1) is 15.9. The van der Waals surface area contributed by atoms with Gasteiger partial charge >= 0.3 is 5.97 Å². The third-order valence-electron chi connectivity index (χ3n) is 5.99. The lowest BCUT2D eigenvalue weighted by molar-refractivity contribution is -0.126. The van der Waals surface area contributed by atoms with Crippen LogP contribution < -0.4 is 10.5 Å². The first-order valence-corrected chi connectivity index (χ1v) is 11.5. The molecule has 1 atom stereocenters. The lowest BCUT2D eigenvalue weighted by atomic mass is 10.0. The van der Waals surface area contributed by atoms with Crippen LogP contribution in [-0.2, 0) is 22.5 Å². The zero-order valence-corrected chi connectivity index (χ0v) is 19.3. The van der Waals surface area contributed by atoms with Gasteiger partial charge in [0.1, 0.15) is 0 Å². The highest BCUT2D eigenvalue weighted by molar-refractivity contribution is 6.04. The third-order valence-corrected chi connectivity index (χ3v) is 5.99. The fraction of sp³-hybridized carbons (Fsp3) is 0.385. The molecule has 1 unspecified atom stereocenters. The number of amides is 1. The topological polar surface area (TPSA) is 81.5 Å². The number of esters is 1. The van der Waals surface area contributed by atoms with E-state index in [1.807, 2.05) is 24.3 Å². The Morgan fingerprint density at radius 3 is 2.48 bits per heavy atom. The van der Waals surface area contributed by atoms with Crippen LogP contribution in [0.15, 0.2) is 53.3 Å². The van der Waals surface area contributed by atoms with E-state index in [1.54, 1.807) is 36.1 Å². The van der Waals surface area contributed by atoms with Gasteiger partial charge in [0.2, 0.25) is 0 Å². The molecule has 7 heteroatoms. The number of carbonyl (C=O) groups excluding carboxylic acids is 2. The minimum Gasteiger partial charge on any atom is -0.448 e. The van der Waals surface area contributed by atoms with Crippen molar-refractivity contribution in [2.75, 3.05) is 11.4 Å². The summed E-state index contributed by atoms with van der Waals surface area (Å²) in [4.78, 5) is 40.8. The number of ether oxygens (including phenoxy) is 1. The van der Waals surface area contributed by atoms with Crippen LogP contribution in [0.1, 0.15) is 49.7 Å². The summed E-state index contributed by atoms with van der Waals surface area (Å²) in [6.07, 6.45) is 1.54. The molecule has 33 heavy (non-hydrogen) atoms. The second kappa shape index (κ2) is 9.57. The lowest BCUT2D eigenvalue weighted by Crippen LogP contribution is -2.43. The molecule has 0 spiro atoms. The van der Waals surface area contributed by atoms with Crippen molar-refractivity contribution in [2.24, 2.45) is 5.92 Å². The zero-order chi connectivity index (χ0) is 23.5. The minimum atomic E-state index is -0.986. The van der Waals surface area contributed by atoms with Gasteiger partial charge in [-0.3, -0.25) is 9.59 Å². The molecule has 0 radical (unpaired) electrons. The number of anilines is 1. The largest absolute Gasteiger partial charge is 0.448 e. The van der Waals surface area contributed by atoms with Crippen LogP contribution in [0.5, 0.6) is 0 Å². The van der Waals surface area contributed by atoms with Gasteiger partial charge < -0.3 is 9.64 Å². The highest BCUT2D eigenvalue weighted by atomic mass is 16.5. The molecule has 172 valence electrons. The third kappa shape index (κ3) is 4.67. The number of para-hydroxylation sites is 1. The molecule has 0 fully saturated rings. The number of fused-ring (bicyclic) bond motifs is 2. The zero-order valence-electron chi connectivity index (χ0n) is 19.3. The van der Waals surface area contributed by atoms with Gasteiger partial charge in [0.05, 0.1) is 5.39 Å². The van der Waals surface area contributed by atoms with Crippen LogP contribution in [0, 0.1) is 5.92 Å². The maximum absolute atomic E-state index is 13.2. The molecule has 1 aliphatic heterocycles. The number of hydrogen-bond acceptors (Lipinski definition) is 5. The van der Waals surface area contributed by atoms with E-state index < -0.39 is 12.1 Å². The van der Waals surface area contributed by atoms with Crippen LogP contribution >= 0.6 is 0 Å². The molecular formula is C26H29N3O4. The van der Waals surface area contributed by atoms with E-state index in [4.69, 9.17) is 4.74 Å². The Labute approximate surface area is 193 Å². The SMILES string of the molecule is CC(C)CCn1nc(C(=O)OC(C)C(=O)N2CCCc3ccccc32)c2ccccc2c1=O. The Hall–Kier alpha value is -3.48. The Kier molecular flexibility index (Phi) is 6.58. The van der Waals surface area contributed by atoms with Crippen molar-refractivity contribution >= 4 is 28.3 Å². The molecule has 3 aromatic rings. The Bertz CT molecular complexity index is 1250. The molecule has 1 amide bonds. The lowest BCUT2D eigenvalue weighted by Gasteiger charge is -2.31. The molecule has 0 bridgehead atoms. The summed E-state index contributed by atoms with van der Waals surface area (Å²) in [5.74, 6) is -0.603. The quantitative estimate of drug-likeness (QED) is 0.534. The van der Waals surface area contributed by atoms with Crippen LogP contribution in [0.2, 0.25) is 0 Å². The highest BCUT2D eigenvalue weighted by Crippen LogP contribution is 2.27. The first-order valence-electron chi connectivity index (χ1n) is 11.5. The summed E-state index contributed by atoms with van der Waals surface area (Å²) in [7, 11) is 0. The van der Waals surface area contributed by atoms with Crippen molar-refractivity contribution in [1.82, 2.24) is 9.78 Å². The number of aromatic nitrogens is 2. The van der Waals surface area contributed by atoms with E-state index in [2.05, 4.69) is 18.9 Å². The summed E-state index contributed by atoms with van der Waals surface area (Å²) in [6, 6.07) is 14.7. The smallest absolute Gasteiger partial charge is 0.360 e. The second-order valence-corrected chi connectivity index (χ2v) is 8.87. The molecule has 0 saturated carbocycles. The highest BCUT2D eigenvalue weighted by Gasteiger charge is 2.29. The van der Waals surface area contributed by atoms with E-state index in [-0.39, 0.29) is 17.2 Å². The second-order valence-electron chi connectivity index (χ2n) is 8.87. The normalized spacial score (nSPS) is 14.2. The van der Waals surface area contributed by atoms with Crippen molar-refractivity contribution in [2.45, 2.75) is 52.7 Å². The summed E-state index contributed by atoms with van der Waals surface area (Å²) in [6.45, 7) is 6.69. The van der Waals surface area contributed by atoms with E-state index in [0.29, 0.717) is 29.8 Å². The minimum absolute atomic E-state index is 0.0488. The molecule has 0 aliphatic carbocycles. The number of carbonyl (C=O) groups is 2. The van der Waals surface area contributed by atoms with Crippen LogP contribution in [-0.4, -0.2) is 34.3 Å². The molecule has 7 nitrogen and oxygen atoms in total. The van der Waals surface area contributed by atoms with E-state index in [1.165, 1.54) is 4.68 Å². The Morgan fingerprint density at radius 1 is 1.03 bits per heavy atom. The summed E-state index contributed by atoms with van der Waals surface area (Å²) in [5, 5.41) is 5.17. The van der Waals surface area contributed by atoms with Crippen molar-refractivity contribution < 1.29 is 14.3 Å². The molecular weight excluding hydrogens is 418 g/mol. The van der Waals surface area contributed by atoms with Crippen LogP contribution in [0.4, 0.5) is 5.69 Å². The van der Waals surface area contributed by atoms with E-state index >= 15 is 0 Å². The Morgan fingerprint density at radius 2 is 1.73 bits per heavy atom. The fourth-order valence-corrected chi connectivity index (χ4v) is 4.17. The summed E-state index contributed by atoms with van der Waals surface area (Å²) >= 11 is 0. The maximum Gasteiger partial charge on any atom is 0.360 e. The number of rotatable bonds is 6. The van der Waals surface area contributed by atoms with Gasteiger partial charge in [-0.15, -0.1) is 0 Å². The van der Waals surface area contributed by atoms with Gasteiger partial charge in [-0.2, -0.15) is 5.10 Å². The molecule has 1 aliphatic rings. The Balaban J connectivity index is 1.61. The van der Waals surface area contributed by atoms with E-state index in [0.717, 1.165) is 30.5 Å². The molecule has 2 heterocycles. The summed E-state index contributed by atoms with van der Waals surface area (Å²) in [5.41, 5.74) is 1.78. The van der Waals surface area contributed by atoms with Gasteiger partial charge in [0.25, 0.3) is 11.5 Å². The van der Waals surface area contributed by atoms with Crippen molar-refractivity contribution in [3.05, 3.63) is 70.1 Å². The molecule has 4 rings (SSSR count). The first kappa shape index (κ1) is 22.7. The number of hydrogen-bond donors (Lipinski definition) is 0. The predicted molar refractivity (Wildman–Crippen MR) is 127 cm³/mol. The van der Waals surface area contributed by atoms with Gasteiger partial charge in [0.15, 0.2) is 11.8 Å². The van der Waals surface area contributed by atoms with E-state index in [9.17, 15) is 14.4 Å². The van der Waals surface area contributed by atoms with Gasteiger partial charge in [0, 0.05) is 24.2 Å². The monoisotopic (exact) mass is 447 g/mol. The molecule has 0 N–H and O–H groups in total. The predicted octanol–water partition coefficient (Wildman–Crippen LogP) is 3.97. The maximum atomic E-state index is 13.2. The average Bonchev–Trinajstić information content (AvgIpc) is 2.82. The van der Waals surface area contributed by atoms with Gasteiger partial charge in [-0.25, -0.2) is 9.48 Å². The number of nitrogens with zero attached hydrogens (tertiary/aromatic N) is 3. The van der Waals surface area contributed by atoms with Gasteiger partial charge in [-0.05, 0) is 49.8 Å². The standard InChI is InChI=1S/C26H29N3O4/c1-17(2)14-16-29-25(31)21-12-6-5-11-20(21)23(27-29)26(32)33-18(3)24(30)28-15-8-10-19-9-4-7-13-22(19)28/h4-7,9,11-13,17-18H,8,10,14-16H2,1-3H3. The van der Waals surface area contributed by atoms with Gasteiger partial charge in [-0.1, -0.05) is 50.2 Å². The fourth-order valence-electron chi connectivity index (χ4n) is 4.17. The molecule has 1 aromatic heterocycles. The van der Waals surface area contributed by atoms with Crippen LogP contribution in [0.25, 0.3) is 10.8 Å². The number of aryl methyl sites for hydroxylation is 2.